The van der Waals surface area contributed by atoms with E-state index in [9.17, 15) is 20.1 Å². The van der Waals surface area contributed by atoms with Gasteiger partial charge in [-0.3, -0.25) is 4.79 Å². The van der Waals surface area contributed by atoms with Crippen LogP contribution in [0.25, 0.3) is 0 Å². The molecule has 0 aliphatic carbocycles. The maximum Gasteiger partial charge on any atom is 0.249 e. The maximum atomic E-state index is 12.1. The van der Waals surface area contributed by atoms with Crippen LogP contribution in [0.15, 0.2) is 0 Å². The first-order chi connectivity index (χ1) is 15.6. The molecule has 0 aromatic heterocycles. The van der Waals surface area contributed by atoms with Gasteiger partial charge in [-0.25, -0.2) is 0 Å². The molecule has 0 radical (unpaired) electrons. The molecule has 192 valence electrons. The number of hydrogen-bond acceptors (Lipinski definition) is 4. The lowest BCUT2D eigenvalue weighted by Gasteiger charge is -2.23. The first-order valence-corrected chi connectivity index (χ1v) is 13.8. The van der Waals surface area contributed by atoms with E-state index < -0.39 is 24.2 Å². The Morgan fingerprint density at radius 2 is 1.00 bits per heavy atom. The zero-order chi connectivity index (χ0) is 23.9. The molecule has 0 fully saturated rings. The van der Waals surface area contributed by atoms with E-state index in [1.807, 2.05) is 0 Å². The Morgan fingerprint density at radius 1 is 0.625 bits per heavy atom. The predicted molar refractivity (Wildman–Crippen MR) is 135 cm³/mol. The van der Waals surface area contributed by atoms with Gasteiger partial charge < -0.3 is 20.6 Å². The van der Waals surface area contributed by atoms with E-state index in [2.05, 4.69) is 19.2 Å². The Labute approximate surface area is 198 Å². The molecular formula is C27H55NO4. The summed E-state index contributed by atoms with van der Waals surface area (Å²) < 4.78 is 0. The van der Waals surface area contributed by atoms with Crippen molar-refractivity contribution >= 4 is 5.91 Å². The van der Waals surface area contributed by atoms with Crippen molar-refractivity contribution in [1.29, 1.82) is 0 Å². The number of carbonyl (C=O) groups is 1. The van der Waals surface area contributed by atoms with E-state index >= 15 is 0 Å². The summed E-state index contributed by atoms with van der Waals surface area (Å²) in [4.78, 5) is 12.1. The highest BCUT2D eigenvalue weighted by Gasteiger charge is 2.23. The smallest absolute Gasteiger partial charge is 0.249 e. The molecule has 0 saturated carbocycles. The van der Waals surface area contributed by atoms with Crippen molar-refractivity contribution in [2.24, 2.45) is 0 Å². The number of nitrogens with one attached hydrogen (secondary N) is 1. The fourth-order valence-corrected chi connectivity index (χ4v) is 4.19. The van der Waals surface area contributed by atoms with Crippen molar-refractivity contribution in [2.45, 2.75) is 161 Å². The Balaban J connectivity index is 3.72. The fraction of sp³-hybridized carbons (Fsp3) is 0.963. The molecule has 0 aromatic rings. The third-order valence-electron chi connectivity index (χ3n) is 6.48. The van der Waals surface area contributed by atoms with Gasteiger partial charge in [0.05, 0.1) is 18.8 Å². The lowest BCUT2D eigenvalue weighted by molar-refractivity contribution is -0.131. The largest absolute Gasteiger partial charge is 0.394 e. The molecule has 32 heavy (non-hydrogen) atoms. The highest BCUT2D eigenvalue weighted by Crippen LogP contribution is 2.14. The van der Waals surface area contributed by atoms with E-state index in [4.69, 9.17) is 0 Å². The van der Waals surface area contributed by atoms with Gasteiger partial charge in [-0.1, -0.05) is 129 Å². The van der Waals surface area contributed by atoms with Crippen LogP contribution < -0.4 is 5.32 Å². The van der Waals surface area contributed by atoms with Crippen LogP contribution in [-0.4, -0.2) is 46.1 Å². The summed E-state index contributed by atoms with van der Waals surface area (Å²) in [6.07, 6.45) is 21.1. The third kappa shape index (κ3) is 18.9. The van der Waals surface area contributed by atoms with E-state index in [0.29, 0.717) is 12.8 Å². The maximum absolute atomic E-state index is 12.1. The van der Waals surface area contributed by atoms with E-state index in [-0.39, 0.29) is 6.61 Å². The minimum atomic E-state index is -1.06. The Kier molecular flexibility index (Phi) is 23.0. The monoisotopic (exact) mass is 457 g/mol. The SMILES string of the molecule is CCCCCCCCCCCCCCC[C@@H](O)[C@H](CO)NC(=O)[C@H](O)CCCCCCC. The van der Waals surface area contributed by atoms with Gasteiger partial charge in [-0.2, -0.15) is 0 Å². The highest BCUT2D eigenvalue weighted by atomic mass is 16.3. The van der Waals surface area contributed by atoms with Crippen molar-refractivity contribution in [3.63, 3.8) is 0 Å². The van der Waals surface area contributed by atoms with Crippen molar-refractivity contribution < 1.29 is 20.1 Å². The van der Waals surface area contributed by atoms with Crippen LogP contribution in [0.1, 0.15) is 142 Å². The highest BCUT2D eigenvalue weighted by molar-refractivity contribution is 5.80. The molecule has 1 amide bonds. The van der Waals surface area contributed by atoms with Crippen LogP contribution in [-0.2, 0) is 4.79 Å². The predicted octanol–water partition coefficient (Wildman–Crippen LogP) is 6.03. The zero-order valence-electron chi connectivity index (χ0n) is 21.3. The minimum absolute atomic E-state index is 0.311. The number of hydrogen-bond donors (Lipinski definition) is 4. The molecule has 0 aromatic carbocycles. The van der Waals surface area contributed by atoms with Crippen molar-refractivity contribution in [3.8, 4) is 0 Å². The topological polar surface area (TPSA) is 89.8 Å². The van der Waals surface area contributed by atoms with Gasteiger partial charge in [-0.15, -0.1) is 0 Å². The average Bonchev–Trinajstić information content (AvgIpc) is 2.79. The quantitative estimate of drug-likeness (QED) is 0.133. The van der Waals surface area contributed by atoms with Gasteiger partial charge in [0.25, 0.3) is 0 Å². The lowest BCUT2D eigenvalue weighted by Crippen LogP contribution is -2.49. The molecule has 0 bridgehead atoms. The number of carbonyl (C=O) groups excluding carboxylic acids is 1. The minimum Gasteiger partial charge on any atom is -0.394 e. The molecule has 0 spiro atoms. The lowest BCUT2D eigenvalue weighted by atomic mass is 10.0. The van der Waals surface area contributed by atoms with Gasteiger partial charge in [0.1, 0.15) is 6.10 Å². The van der Waals surface area contributed by atoms with E-state index in [0.717, 1.165) is 32.1 Å². The number of aliphatic hydroxyl groups is 3. The summed E-state index contributed by atoms with van der Waals surface area (Å²) in [6, 6.07) is -0.699. The Bertz CT molecular complexity index is 405. The second-order valence-electron chi connectivity index (χ2n) is 9.62. The number of unbranched alkanes of at least 4 members (excludes halogenated alkanes) is 16. The van der Waals surface area contributed by atoms with Crippen LogP contribution in [0.4, 0.5) is 0 Å². The molecule has 5 nitrogen and oxygen atoms in total. The van der Waals surface area contributed by atoms with Crippen molar-refractivity contribution in [2.75, 3.05) is 6.61 Å². The fourth-order valence-electron chi connectivity index (χ4n) is 4.19. The number of rotatable bonds is 24. The Hall–Kier alpha value is -0.650. The standard InChI is InChI=1S/C27H55NO4/c1-3-5-7-9-10-11-12-13-14-15-16-18-19-21-25(30)24(23-29)28-27(32)26(31)22-20-17-8-6-4-2/h24-26,29-31H,3-23H2,1-2H3,(H,28,32)/t24-,25+,26+/m0/s1. The zero-order valence-corrected chi connectivity index (χ0v) is 21.3. The molecule has 3 atom stereocenters. The van der Waals surface area contributed by atoms with Gasteiger partial charge in [-0.05, 0) is 12.8 Å². The van der Waals surface area contributed by atoms with Gasteiger partial charge in [0.15, 0.2) is 0 Å². The number of amides is 1. The molecule has 0 aliphatic heterocycles. The van der Waals surface area contributed by atoms with Gasteiger partial charge >= 0.3 is 0 Å². The molecule has 4 N–H and O–H groups in total. The molecular weight excluding hydrogens is 402 g/mol. The third-order valence-corrected chi connectivity index (χ3v) is 6.48. The van der Waals surface area contributed by atoms with Crippen LogP contribution in [0.2, 0.25) is 0 Å². The van der Waals surface area contributed by atoms with Gasteiger partial charge in [0, 0.05) is 0 Å². The molecule has 0 aliphatic rings. The van der Waals surface area contributed by atoms with E-state index in [1.165, 1.54) is 83.5 Å². The average molecular weight is 458 g/mol. The van der Waals surface area contributed by atoms with Crippen LogP contribution in [0.5, 0.6) is 0 Å². The normalized spacial score (nSPS) is 14.3. The molecule has 0 saturated heterocycles. The van der Waals surface area contributed by atoms with Gasteiger partial charge in [0.2, 0.25) is 5.91 Å². The molecule has 0 heterocycles. The first kappa shape index (κ1) is 31.4. The first-order valence-electron chi connectivity index (χ1n) is 13.8. The van der Waals surface area contributed by atoms with Crippen LogP contribution in [0.3, 0.4) is 0 Å². The summed E-state index contributed by atoms with van der Waals surface area (Å²) in [5.41, 5.74) is 0. The second kappa shape index (κ2) is 23.5. The van der Waals surface area contributed by atoms with Crippen LogP contribution >= 0.6 is 0 Å². The molecule has 0 rings (SSSR count). The summed E-state index contributed by atoms with van der Waals surface area (Å²) in [6.45, 7) is 4.10. The second-order valence-corrected chi connectivity index (χ2v) is 9.62. The summed E-state index contributed by atoms with van der Waals surface area (Å²) in [5, 5.41) is 32.5. The van der Waals surface area contributed by atoms with Crippen molar-refractivity contribution in [3.05, 3.63) is 0 Å². The summed E-state index contributed by atoms with van der Waals surface area (Å²) in [7, 11) is 0. The van der Waals surface area contributed by atoms with Crippen LogP contribution in [0, 0.1) is 0 Å². The Morgan fingerprint density at radius 3 is 1.41 bits per heavy atom. The van der Waals surface area contributed by atoms with E-state index in [1.54, 1.807) is 0 Å². The summed E-state index contributed by atoms with van der Waals surface area (Å²) >= 11 is 0. The number of aliphatic hydroxyl groups excluding tert-OH is 3. The molecule has 5 heteroatoms. The summed E-state index contributed by atoms with van der Waals surface area (Å²) in [5.74, 6) is -0.482. The van der Waals surface area contributed by atoms with Crippen molar-refractivity contribution in [1.82, 2.24) is 5.32 Å². The molecule has 0 unspecified atom stereocenters.